The van der Waals surface area contributed by atoms with Crippen LogP contribution in [0.2, 0.25) is 0 Å². The van der Waals surface area contributed by atoms with Gasteiger partial charge in [-0.05, 0) is 60.7 Å². The van der Waals surface area contributed by atoms with Crippen LogP contribution in [-0.2, 0) is 0 Å². The van der Waals surface area contributed by atoms with Crippen molar-refractivity contribution >= 4 is 11.4 Å². The monoisotopic (exact) mass is 350 g/mol. The van der Waals surface area contributed by atoms with Crippen molar-refractivity contribution in [3.8, 4) is 11.5 Å². The standard InChI is InChI=1S/C21H22N2O3/c1-24-18-9-5-16(6-10-18)22-13-14-23(21(22)20-4-3-15-26-20)17-7-11-19(25-2)12-8-17/h3-12,15,21H,13-14H2,1-2H3. The van der Waals surface area contributed by atoms with Crippen molar-refractivity contribution in [1.82, 2.24) is 0 Å². The van der Waals surface area contributed by atoms with Gasteiger partial charge in [-0.25, -0.2) is 0 Å². The lowest BCUT2D eigenvalue weighted by molar-refractivity contribution is 0.414. The molecule has 1 fully saturated rings. The quantitative estimate of drug-likeness (QED) is 0.685. The Bertz CT molecular complexity index is 773. The molecular formula is C21H22N2O3. The van der Waals surface area contributed by atoms with Gasteiger partial charge in [0.1, 0.15) is 17.3 Å². The third-order valence-electron chi connectivity index (χ3n) is 4.78. The molecule has 4 rings (SSSR count). The molecular weight excluding hydrogens is 328 g/mol. The highest BCUT2D eigenvalue weighted by molar-refractivity contribution is 5.59. The molecule has 26 heavy (non-hydrogen) atoms. The van der Waals surface area contributed by atoms with Gasteiger partial charge in [-0.3, -0.25) is 0 Å². The molecule has 0 saturated carbocycles. The van der Waals surface area contributed by atoms with Crippen LogP contribution in [0.5, 0.6) is 11.5 Å². The Kier molecular flexibility index (Phi) is 4.44. The van der Waals surface area contributed by atoms with E-state index >= 15 is 0 Å². The minimum Gasteiger partial charge on any atom is -0.497 e. The van der Waals surface area contributed by atoms with E-state index in [0.29, 0.717) is 0 Å². The molecule has 1 aromatic heterocycles. The van der Waals surface area contributed by atoms with Crippen LogP contribution in [-0.4, -0.2) is 27.3 Å². The number of ether oxygens (including phenoxy) is 2. The number of methoxy groups -OCH3 is 2. The summed E-state index contributed by atoms with van der Waals surface area (Å²) in [6.45, 7) is 1.81. The minimum absolute atomic E-state index is 0.00629. The molecule has 5 nitrogen and oxygen atoms in total. The van der Waals surface area contributed by atoms with Crippen LogP contribution >= 0.6 is 0 Å². The van der Waals surface area contributed by atoms with Crippen LogP contribution in [0.3, 0.4) is 0 Å². The summed E-state index contributed by atoms with van der Waals surface area (Å²) in [5.74, 6) is 2.64. The molecule has 134 valence electrons. The fraction of sp³-hybridized carbons (Fsp3) is 0.238. The van der Waals surface area contributed by atoms with Crippen LogP contribution in [0.1, 0.15) is 11.9 Å². The van der Waals surface area contributed by atoms with Crippen LogP contribution in [0.4, 0.5) is 11.4 Å². The summed E-state index contributed by atoms with van der Waals surface area (Å²) in [5.41, 5.74) is 2.28. The van der Waals surface area contributed by atoms with Crippen molar-refractivity contribution in [2.45, 2.75) is 6.17 Å². The van der Waals surface area contributed by atoms with Gasteiger partial charge in [-0.15, -0.1) is 0 Å². The summed E-state index contributed by atoms with van der Waals surface area (Å²) in [5, 5.41) is 0. The lowest BCUT2D eigenvalue weighted by Crippen LogP contribution is -2.30. The van der Waals surface area contributed by atoms with Crippen LogP contribution < -0.4 is 19.3 Å². The lowest BCUT2D eigenvalue weighted by Gasteiger charge is -2.31. The van der Waals surface area contributed by atoms with Crippen molar-refractivity contribution in [3.63, 3.8) is 0 Å². The maximum atomic E-state index is 5.78. The largest absolute Gasteiger partial charge is 0.497 e. The molecule has 0 atom stereocenters. The number of hydrogen-bond acceptors (Lipinski definition) is 5. The van der Waals surface area contributed by atoms with Crippen LogP contribution in [0, 0.1) is 0 Å². The molecule has 3 aromatic rings. The van der Waals surface area contributed by atoms with E-state index in [1.165, 1.54) is 0 Å². The number of anilines is 2. The second kappa shape index (κ2) is 7.04. The second-order valence-corrected chi connectivity index (χ2v) is 6.17. The first-order chi connectivity index (χ1) is 12.8. The smallest absolute Gasteiger partial charge is 0.162 e. The third-order valence-corrected chi connectivity index (χ3v) is 4.78. The molecule has 1 saturated heterocycles. The number of benzene rings is 2. The molecule has 0 amide bonds. The van der Waals surface area contributed by atoms with E-state index < -0.39 is 0 Å². The van der Waals surface area contributed by atoms with Gasteiger partial charge in [-0.2, -0.15) is 0 Å². The highest BCUT2D eigenvalue weighted by Crippen LogP contribution is 2.38. The number of rotatable bonds is 5. The predicted octanol–water partition coefficient (Wildman–Crippen LogP) is 4.32. The molecule has 0 radical (unpaired) electrons. The van der Waals surface area contributed by atoms with Crippen molar-refractivity contribution < 1.29 is 13.9 Å². The van der Waals surface area contributed by atoms with E-state index in [1.54, 1.807) is 20.5 Å². The summed E-state index contributed by atoms with van der Waals surface area (Å²) in [7, 11) is 3.36. The topological polar surface area (TPSA) is 38.1 Å². The Morgan fingerprint density at radius 2 is 1.27 bits per heavy atom. The molecule has 0 unspecified atom stereocenters. The zero-order chi connectivity index (χ0) is 17.9. The van der Waals surface area contributed by atoms with Crippen LogP contribution in [0.25, 0.3) is 0 Å². The highest BCUT2D eigenvalue weighted by atomic mass is 16.5. The van der Waals surface area contributed by atoms with Crippen molar-refractivity contribution in [3.05, 3.63) is 72.7 Å². The van der Waals surface area contributed by atoms with Crippen molar-refractivity contribution in [2.24, 2.45) is 0 Å². The van der Waals surface area contributed by atoms with Crippen molar-refractivity contribution in [1.29, 1.82) is 0 Å². The van der Waals surface area contributed by atoms with E-state index in [4.69, 9.17) is 13.9 Å². The Morgan fingerprint density at radius 3 is 1.65 bits per heavy atom. The number of nitrogens with zero attached hydrogens (tertiary/aromatic N) is 2. The van der Waals surface area contributed by atoms with Gasteiger partial charge in [0.2, 0.25) is 0 Å². The van der Waals surface area contributed by atoms with E-state index in [9.17, 15) is 0 Å². The Morgan fingerprint density at radius 1 is 0.769 bits per heavy atom. The van der Waals surface area contributed by atoms with E-state index in [0.717, 1.165) is 41.7 Å². The Hall–Kier alpha value is -3.08. The minimum atomic E-state index is 0.00629. The zero-order valence-electron chi connectivity index (χ0n) is 15.0. The zero-order valence-corrected chi connectivity index (χ0v) is 15.0. The van der Waals surface area contributed by atoms with Crippen molar-refractivity contribution in [2.75, 3.05) is 37.1 Å². The van der Waals surface area contributed by atoms with Gasteiger partial charge in [0.15, 0.2) is 6.17 Å². The number of furan rings is 1. The first kappa shape index (κ1) is 16.4. The SMILES string of the molecule is COc1ccc(N2CCN(c3ccc(OC)cc3)C2c2ccco2)cc1. The number of hydrogen-bond donors (Lipinski definition) is 0. The second-order valence-electron chi connectivity index (χ2n) is 6.17. The van der Waals surface area contributed by atoms with E-state index in [-0.39, 0.29) is 6.17 Å². The van der Waals surface area contributed by atoms with Gasteiger partial charge >= 0.3 is 0 Å². The first-order valence-corrected chi connectivity index (χ1v) is 8.65. The maximum absolute atomic E-state index is 5.78. The maximum Gasteiger partial charge on any atom is 0.162 e. The average Bonchev–Trinajstić information content (AvgIpc) is 3.37. The van der Waals surface area contributed by atoms with E-state index in [2.05, 4.69) is 34.1 Å². The fourth-order valence-corrected chi connectivity index (χ4v) is 3.46. The van der Waals surface area contributed by atoms with E-state index in [1.807, 2.05) is 36.4 Å². The first-order valence-electron chi connectivity index (χ1n) is 8.65. The Balaban J connectivity index is 1.68. The highest BCUT2D eigenvalue weighted by Gasteiger charge is 2.35. The molecule has 1 aliphatic heterocycles. The van der Waals surface area contributed by atoms with Gasteiger partial charge in [-0.1, -0.05) is 0 Å². The molecule has 0 bridgehead atoms. The predicted molar refractivity (Wildman–Crippen MR) is 102 cm³/mol. The molecule has 2 heterocycles. The average molecular weight is 350 g/mol. The molecule has 0 spiro atoms. The Labute approximate surface area is 153 Å². The summed E-state index contributed by atoms with van der Waals surface area (Å²) in [6, 6.07) is 20.3. The third kappa shape index (κ3) is 2.96. The molecule has 0 N–H and O–H groups in total. The molecule has 0 aliphatic carbocycles. The molecule has 1 aliphatic rings. The summed E-state index contributed by atoms with van der Waals surface area (Å²) < 4.78 is 16.3. The summed E-state index contributed by atoms with van der Waals surface area (Å²) >= 11 is 0. The summed E-state index contributed by atoms with van der Waals surface area (Å²) in [6.07, 6.45) is 1.73. The molecule has 2 aromatic carbocycles. The van der Waals surface area contributed by atoms with Gasteiger partial charge in [0, 0.05) is 24.5 Å². The lowest BCUT2D eigenvalue weighted by atomic mass is 10.2. The van der Waals surface area contributed by atoms with Gasteiger partial charge in [0.05, 0.1) is 20.5 Å². The van der Waals surface area contributed by atoms with Gasteiger partial charge < -0.3 is 23.7 Å². The summed E-state index contributed by atoms with van der Waals surface area (Å²) in [4.78, 5) is 4.70. The fourth-order valence-electron chi connectivity index (χ4n) is 3.46. The van der Waals surface area contributed by atoms with Crippen LogP contribution in [0.15, 0.2) is 71.3 Å². The van der Waals surface area contributed by atoms with Gasteiger partial charge in [0.25, 0.3) is 0 Å². The molecule has 5 heteroatoms. The normalized spacial score (nSPS) is 14.7.